The fourth-order valence-electron chi connectivity index (χ4n) is 15.2. The quantitative estimate of drug-likeness (QED) is 0.0148. The molecule has 0 bridgehead atoms. The van der Waals surface area contributed by atoms with Gasteiger partial charge < -0.3 is 138 Å². The number of aliphatic carboxylic acids is 1. The van der Waals surface area contributed by atoms with Crippen molar-refractivity contribution in [1.82, 2.24) is 57.0 Å². The van der Waals surface area contributed by atoms with Gasteiger partial charge in [0.1, 0.15) is 37.2 Å². The zero-order valence-electron chi connectivity index (χ0n) is 80.5. The number of aromatic nitrogens is 2. The van der Waals surface area contributed by atoms with Crippen molar-refractivity contribution in [2.75, 3.05) is 224 Å². The Morgan fingerprint density at radius 2 is 1.06 bits per heavy atom. The van der Waals surface area contributed by atoms with E-state index in [1.807, 2.05) is 0 Å². The molecule has 0 fully saturated rings. The molecule has 0 saturated carbocycles. The average molecular weight is 1980 g/mol. The van der Waals surface area contributed by atoms with Gasteiger partial charge in [-0.1, -0.05) is 26.8 Å². The van der Waals surface area contributed by atoms with Gasteiger partial charge in [0.05, 0.1) is 220 Å². The first kappa shape index (κ1) is 113. The molecule has 5 heterocycles. The Labute approximate surface area is 814 Å². The number of aryl methyl sites for hydroxylation is 1. The number of rotatable bonds is 70. The van der Waals surface area contributed by atoms with Crippen LogP contribution in [0.5, 0.6) is 0 Å². The molecule has 3 aromatic carbocycles. The number of cyclic esters (lactones) is 1. The Kier molecular flexibility index (Phi) is 48.4. The van der Waals surface area contributed by atoms with E-state index in [4.69, 9.17) is 85.9 Å². The van der Waals surface area contributed by atoms with Crippen molar-refractivity contribution in [3.63, 3.8) is 0 Å². The Morgan fingerprint density at radius 3 is 1.57 bits per heavy atom. The summed E-state index contributed by atoms with van der Waals surface area (Å²) < 4.78 is 105. The van der Waals surface area contributed by atoms with Crippen LogP contribution < -0.4 is 53.4 Å². The summed E-state index contributed by atoms with van der Waals surface area (Å²) in [5.74, 6) is -9.25. The Bertz CT molecular complexity index is 5100. The molecule has 1 aliphatic carbocycles. The third kappa shape index (κ3) is 36.0. The number of carbonyl (C=O) groups is 13. The second-order valence-corrected chi connectivity index (χ2v) is 33.2. The van der Waals surface area contributed by atoms with Gasteiger partial charge in [0.25, 0.3) is 35.1 Å². The van der Waals surface area contributed by atoms with E-state index in [2.05, 4.69) is 47.9 Å². The van der Waals surface area contributed by atoms with Gasteiger partial charge in [0, 0.05) is 115 Å². The maximum atomic E-state index is 15.8. The van der Waals surface area contributed by atoms with Gasteiger partial charge in [-0.05, 0) is 111 Å². The summed E-state index contributed by atoms with van der Waals surface area (Å²) in [6, 6.07) is 8.19. The summed E-state index contributed by atoms with van der Waals surface area (Å²) in [5, 5.41) is 45.4. The molecular formula is C96H131FN12O32. The second-order valence-electron chi connectivity index (χ2n) is 33.2. The first-order valence-electron chi connectivity index (χ1n) is 47.2. The van der Waals surface area contributed by atoms with E-state index in [-0.39, 0.29) is 214 Å². The van der Waals surface area contributed by atoms with E-state index < -0.39 is 125 Å². The Morgan fingerprint density at radius 1 is 0.560 bits per heavy atom. The normalized spacial score (nSPS) is 15.1. The van der Waals surface area contributed by atoms with Crippen molar-refractivity contribution < 1.29 is 153 Å². The molecule has 141 heavy (non-hydrogen) atoms. The average Bonchev–Trinajstić information content (AvgIpc) is 1.57. The molecular weight excluding hydrogens is 1850 g/mol. The van der Waals surface area contributed by atoms with Crippen LogP contribution in [0.25, 0.3) is 22.3 Å². The molecule has 2 aromatic heterocycles. The number of esters is 1. The van der Waals surface area contributed by atoms with Crippen molar-refractivity contribution in [3.05, 3.63) is 139 Å². The summed E-state index contributed by atoms with van der Waals surface area (Å²) in [5.41, 5.74) is 1.23. The number of carboxylic acids is 1. The van der Waals surface area contributed by atoms with Gasteiger partial charge in [-0.3, -0.25) is 62.4 Å². The molecule has 0 saturated heterocycles. The molecule has 11 N–H and O–H groups in total. The highest BCUT2D eigenvalue weighted by Crippen LogP contribution is 2.46. The lowest BCUT2D eigenvalue weighted by molar-refractivity contribution is -0.172. The predicted molar refractivity (Wildman–Crippen MR) is 501 cm³/mol. The SMILES string of the molecule is CC[C@@]1(O)C(=O)OCc2c1cc1n(c2=O)Cc2c-1nc1cc(F)c(C)c3c1c2[C@@H](NC(=O)OCc1ccc(NC(=O)[C@H](C)NC(=O)[C@@H](NC(=O)[C@H](CCC(=O)NCCOCCOCCNC(=O)c2ccc(C(=O)NCCOCCOCCOCCOCCC(=O)O)cc2)NC(=O)CCCN2C(=O)C=CC2=O)C(C)C)cc1C(=O)NCCOCCOCCOCCOCCOCCOCCOCCOC)CC3. The Hall–Kier alpha value is -11.8. The van der Waals surface area contributed by atoms with Gasteiger partial charge >= 0.3 is 18.0 Å². The number of benzene rings is 3. The fraction of sp³-hybridized carbons (Fsp3) is 0.573. The van der Waals surface area contributed by atoms with Crippen LogP contribution in [0.2, 0.25) is 0 Å². The van der Waals surface area contributed by atoms with E-state index in [0.29, 0.717) is 151 Å². The zero-order chi connectivity index (χ0) is 101. The van der Waals surface area contributed by atoms with Crippen LogP contribution in [-0.2, 0) is 151 Å². The van der Waals surface area contributed by atoms with Crippen molar-refractivity contribution in [2.24, 2.45) is 5.92 Å². The standard InChI is InChI=1S/C96H131FN12O32/c1-7-96(125)72-56-77-86-70(58-109(77)93(122)71(72)60-140-94(96)123)84-74(17-16-68-62(4)73(97)57-76(105-86)83(68)84)106-95(124)141-59-66-14-15-67(55-69(66)90(119)101-26-32-131-39-42-135-47-48-137-51-52-139-54-53-138-50-49-136-44-43-132-34-33-126-6)103-87(116)63(5)102-92(121)85(61(2)3)107-91(120)75(104-79(111)9-8-27-108-80(112)20-21-81(108)113)18-19-78(110)98-23-29-128-36-37-129-30-24-99-88(117)64-10-12-65(13-11-64)89(118)100-25-31-130-38-41-134-46-45-133-40-35-127-28-22-82(114)115/h10-15,20-21,55-57,61,63,74-75,85,125H,7-9,16-19,22-54,58-60H2,1-6H3,(H,98,110)(H,99,117)(H,100,118)(H,101,119)(H,102,121)(H,103,116)(H,104,111)(H,106,124)(H,107,120)(H,114,115)/t63-,74-,75-,85-,96-/m0/s1. The molecule has 11 amide bonds. The third-order valence-electron chi connectivity index (χ3n) is 22.8. The summed E-state index contributed by atoms with van der Waals surface area (Å²) >= 11 is 0. The maximum Gasteiger partial charge on any atom is 0.407 e. The number of hydrogen-bond donors (Lipinski definition) is 11. The predicted octanol–water partition coefficient (Wildman–Crippen LogP) is 2.34. The highest BCUT2D eigenvalue weighted by molar-refractivity contribution is 6.13. The largest absolute Gasteiger partial charge is 0.481 e. The highest BCUT2D eigenvalue weighted by Gasteiger charge is 2.46. The van der Waals surface area contributed by atoms with Crippen LogP contribution in [0.3, 0.4) is 0 Å². The molecule has 0 unspecified atom stereocenters. The molecule has 5 aromatic rings. The summed E-state index contributed by atoms with van der Waals surface area (Å²) in [7, 11) is 1.61. The maximum absolute atomic E-state index is 15.8. The number of nitrogens with zero attached hydrogens (tertiary/aromatic N) is 3. The van der Waals surface area contributed by atoms with Gasteiger partial charge in [0.15, 0.2) is 5.60 Å². The van der Waals surface area contributed by atoms with E-state index in [1.165, 1.54) is 66.1 Å². The van der Waals surface area contributed by atoms with Gasteiger partial charge in [0.2, 0.25) is 29.5 Å². The number of ether oxygens (including phenoxy) is 16. The first-order valence-corrected chi connectivity index (χ1v) is 47.2. The van der Waals surface area contributed by atoms with Crippen LogP contribution >= 0.6 is 0 Å². The molecule has 44 nitrogen and oxygen atoms in total. The number of hydrogen-bond acceptors (Lipinski definition) is 32. The first-order chi connectivity index (χ1) is 68.1. The highest BCUT2D eigenvalue weighted by atomic mass is 19.1. The lowest BCUT2D eigenvalue weighted by Gasteiger charge is -2.31. The lowest BCUT2D eigenvalue weighted by atomic mass is 9.81. The number of carbonyl (C=O) groups excluding carboxylic acids is 12. The van der Waals surface area contributed by atoms with E-state index in [1.54, 1.807) is 34.8 Å². The van der Waals surface area contributed by atoms with Crippen LogP contribution in [0, 0.1) is 18.7 Å². The number of carboxylic acid groups (broad SMARTS) is 1. The third-order valence-corrected chi connectivity index (χ3v) is 22.8. The van der Waals surface area contributed by atoms with Crippen molar-refractivity contribution >= 4 is 93.7 Å². The summed E-state index contributed by atoms with van der Waals surface area (Å²) in [6.45, 7) is 15.1. The molecule has 9 rings (SSSR count). The smallest absolute Gasteiger partial charge is 0.407 e. The molecule has 0 spiro atoms. The molecule has 4 aliphatic rings. The monoisotopic (exact) mass is 1980 g/mol. The van der Waals surface area contributed by atoms with E-state index >= 15 is 4.39 Å². The van der Waals surface area contributed by atoms with E-state index in [0.717, 1.165) is 17.1 Å². The van der Waals surface area contributed by atoms with Gasteiger partial charge in [-0.15, -0.1) is 0 Å². The molecule has 3 aliphatic heterocycles. The topological polar surface area (TPSA) is 556 Å². The Balaban J connectivity index is 0.743. The molecule has 5 atom stereocenters. The van der Waals surface area contributed by atoms with E-state index in [9.17, 15) is 72.2 Å². The van der Waals surface area contributed by atoms with Crippen molar-refractivity contribution in [3.8, 4) is 11.4 Å². The number of methoxy groups -OCH3 is 1. The minimum atomic E-state index is -2.13. The minimum absolute atomic E-state index is 0.0162. The van der Waals surface area contributed by atoms with Crippen LogP contribution in [0.15, 0.2) is 71.5 Å². The van der Waals surface area contributed by atoms with Crippen molar-refractivity contribution in [1.29, 1.82) is 0 Å². The minimum Gasteiger partial charge on any atom is -0.481 e. The zero-order valence-corrected chi connectivity index (χ0v) is 80.5. The van der Waals surface area contributed by atoms with Crippen molar-refractivity contribution in [2.45, 2.75) is 136 Å². The van der Waals surface area contributed by atoms with Crippen LogP contribution in [0.1, 0.15) is 149 Å². The number of alkyl carbamates (subject to hydrolysis) is 1. The summed E-state index contributed by atoms with van der Waals surface area (Å²) in [4.78, 5) is 192. The number of anilines is 1. The number of fused-ring (bicyclic) bond motifs is 5. The van der Waals surface area contributed by atoms with Gasteiger partial charge in [-0.25, -0.2) is 19.0 Å². The summed E-state index contributed by atoms with van der Waals surface area (Å²) in [6.07, 6.45) is 0.813. The number of halogens is 1. The van der Waals surface area contributed by atoms with Crippen LogP contribution in [0.4, 0.5) is 14.9 Å². The number of imide groups is 1. The van der Waals surface area contributed by atoms with Crippen LogP contribution in [-0.4, -0.2) is 338 Å². The number of pyridine rings is 2. The molecule has 0 radical (unpaired) electrons. The molecule has 774 valence electrons. The number of aliphatic hydroxyl groups is 1. The molecule has 45 heteroatoms. The number of amides is 11. The lowest BCUT2D eigenvalue weighted by Crippen LogP contribution is -2.57. The second kappa shape index (κ2) is 60.5. The fourth-order valence-corrected chi connectivity index (χ4v) is 15.2. The number of nitrogens with one attached hydrogen (secondary N) is 9. The van der Waals surface area contributed by atoms with Gasteiger partial charge in [-0.2, -0.15) is 0 Å².